The van der Waals surface area contributed by atoms with Gasteiger partial charge in [0.15, 0.2) is 0 Å². The van der Waals surface area contributed by atoms with E-state index >= 15 is 0 Å². The number of hydrogen-bond donors (Lipinski definition) is 1. The van der Waals surface area contributed by atoms with Gasteiger partial charge in [-0.05, 0) is 36.8 Å². The minimum Gasteiger partial charge on any atom is -0.386 e. The molecule has 17 heavy (non-hydrogen) atoms. The second-order valence-corrected chi connectivity index (χ2v) is 4.02. The summed E-state index contributed by atoms with van der Waals surface area (Å²) in [5, 5.41) is 0. The van der Waals surface area contributed by atoms with Crippen LogP contribution in [0.3, 0.4) is 0 Å². The van der Waals surface area contributed by atoms with Crippen molar-refractivity contribution >= 4 is 23.1 Å². The number of nitrogens with zero attached hydrogens (tertiary/aromatic N) is 2. The Labute approximate surface area is 106 Å². The predicted molar refractivity (Wildman–Crippen MR) is 72.5 cm³/mol. The zero-order valence-corrected chi connectivity index (χ0v) is 10.4. The van der Waals surface area contributed by atoms with Crippen LogP contribution in [0, 0.1) is 6.92 Å². The van der Waals surface area contributed by atoms with E-state index in [-0.39, 0.29) is 5.88 Å². The fourth-order valence-electron chi connectivity index (χ4n) is 1.69. The minimum absolute atomic E-state index is 0.243. The molecule has 0 saturated heterocycles. The molecule has 1 aromatic carbocycles. The Kier molecular flexibility index (Phi) is 3.49. The Bertz CT molecular complexity index is 530. The molecule has 2 rings (SSSR count). The topological polar surface area (TPSA) is 43.3 Å². The van der Waals surface area contributed by atoms with Crippen LogP contribution in [0.1, 0.15) is 5.56 Å². The molecule has 0 aliphatic carbocycles. The molecular formula is C13H14ClN3. The van der Waals surface area contributed by atoms with Crippen molar-refractivity contribution in [2.24, 2.45) is 10.7 Å². The van der Waals surface area contributed by atoms with E-state index in [4.69, 9.17) is 17.3 Å². The zero-order valence-electron chi connectivity index (χ0n) is 9.60. The molecule has 0 atom stereocenters. The van der Waals surface area contributed by atoms with E-state index in [0.29, 0.717) is 5.84 Å². The molecule has 4 heteroatoms. The Morgan fingerprint density at radius 2 is 2.00 bits per heavy atom. The first-order valence-electron chi connectivity index (χ1n) is 5.34. The van der Waals surface area contributed by atoms with Crippen LogP contribution in [-0.2, 0) is 0 Å². The summed E-state index contributed by atoms with van der Waals surface area (Å²) in [5.41, 5.74) is 8.69. The van der Waals surface area contributed by atoms with Crippen LogP contribution in [0.5, 0.6) is 0 Å². The van der Waals surface area contributed by atoms with Crippen LogP contribution in [0.15, 0.2) is 47.7 Å². The van der Waals surface area contributed by atoms with Gasteiger partial charge in [0.25, 0.3) is 0 Å². The van der Waals surface area contributed by atoms with E-state index in [1.807, 2.05) is 54.2 Å². The van der Waals surface area contributed by atoms with Crippen LogP contribution in [0.4, 0.5) is 5.69 Å². The molecule has 0 unspecified atom stereocenters. The number of amidine groups is 1. The second-order valence-electron chi connectivity index (χ2n) is 3.75. The summed E-state index contributed by atoms with van der Waals surface area (Å²) in [4.78, 5) is 4.30. The maximum Gasteiger partial charge on any atom is 0.115 e. The van der Waals surface area contributed by atoms with Crippen LogP contribution in [0.2, 0.25) is 0 Å². The number of aromatic nitrogens is 1. The lowest BCUT2D eigenvalue weighted by Gasteiger charge is -2.09. The molecule has 1 aromatic heterocycles. The molecule has 0 amide bonds. The lowest BCUT2D eigenvalue weighted by molar-refractivity contribution is 1.06. The number of alkyl halides is 1. The van der Waals surface area contributed by atoms with Gasteiger partial charge in [-0.25, -0.2) is 4.99 Å². The first-order valence-corrected chi connectivity index (χ1v) is 5.88. The summed E-state index contributed by atoms with van der Waals surface area (Å²) in [7, 11) is 0. The Morgan fingerprint density at radius 1 is 1.29 bits per heavy atom. The van der Waals surface area contributed by atoms with Crippen molar-refractivity contribution in [1.29, 1.82) is 0 Å². The van der Waals surface area contributed by atoms with Gasteiger partial charge in [-0.15, -0.1) is 11.6 Å². The normalized spacial score (nSPS) is 11.8. The van der Waals surface area contributed by atoms with E-state index in [0.717, 1.165) is 16.9 Å². The Balaban J connectivity index is 2.48. The van der Waals surface area contributed by atoms with Crippen molar-refractivity contribution in [3.8, 4) is 5.69 Å². The fourth-order valence-corrected chi connectivity index (χ4v) is 1.75. The molecule has 0 aliphatic rings. The average Bonchev–Trinajstić information content (AvgIpc) is 2.85. The molecule has 0 bridgehead atoms. The lowest BCUT2D eigenvalue weighted by atomic mass is 10.1. The molecule has 88 valence electrons. The van der Waals surface area contributed by atoms with Gasteiger partial charge in [-0.1, -0.05) is 6.07 Å². The number of halogens is 1. The van der Waals surface area contributed by atoms with E-state index in [2.05, 4.69) is 4.99 Å². The highest BCUT2D eigenvalue weighted by atomic mass is 35.5. The average molecular weight is 248 g/mol. The predicted octanol–water partition coefficient (Wildman–Crippen LogP) is 3.01. The van der Waals surface area contributed by atoms with Gasteiger partial charge in [0.2, 0.25) is 0 Å². The molecule has 0 fully saturated rings. The summed E-state index contributed by atoms with van der Waals surface area (Å²) in [6.45, 7) is 2.02. The maximum atomic E-state index is 5.65. The largest absolute Gasteiger partial charge is 0.386 e. The summed E-state index contributed by atoms with van der Waals surface area (Å²) in [5.74, 6) is 0.673. The SMILES string of the molecule is Cc1c(N=C(N)CCl)cccc1-n1cccc1. The van der Waals surface area contributed by atoms with E-state index in [1.165, 1.54) is 0 Å². The third-order valence-corrected chi connectivity index (χ3v) is 2.83. The fraction of sp³-hybridized carbons (Fsp3) is 0.154. The first kappa shape index (κ1) is 11.7. The molecule has 2 aromatic rings. The summed E-state index contributed by atoms with van der Waals surface area (Å²) in [6, 6.07) is 9.92. The van der Waals surface area contributed by atoms with Crippen LogP contribution >= 0.6 is 11.6 Å². The van der Waals surface area contributed by atoms with Crippen molar-refractivity contribution in [2.75, 3.05) is 5.88 Å². The molecule has 1 heterocycles. The van der Waals surface area contributed by atoms with Crippen molar-refractivity contribution < 1.29 is 0 Å². The van der Waals surface area contributed by atoms with Gasteiger partial charge in [0.1, 0.15) is 5.84 Å². The van der Waals surface area contributed by atoms with Gasteiger partial charge in [0.05, 0.1) is 11.6 Å². The van der Waals surface area contributed by atoms with Crippen molar-refractivity contribution in [3.05, 3.63) is 48.3 Å². The molecule has 0 saturated carbocycles. The summed E-state index contributed by atoms with van der Waals surface area (Å²) >= 11 is 5.63. The zero-order chi connectivity index (χ0) is 12.3. The van der Waals surface area contributed by atoms with E-state index in [1.54, 1.807) is 0 Å². The smallest absolute Gasteiger partial charge is 0.115 e. The Morgan fingerprint density at radius 3 is 2.65 bits per heavy atom. The highest BCUT2D eigenvalue weighted by Gasteiger charge is 2.04. The Hall–Kier alpha value is -1.74. The van der Waals surface area contributed by atoms with Crippen LogP contribution in [0.25, 0.3) is 5.69 Å². The van der Waals surface area contributed by atoms with Crippen LogP contribution < -0.4 is 5.73 Å². The molecule has 3 nitrogen and oxygen atoms in total. The number of benzene rings is 1. The second kappa shape index (κ2) is 5.06. The molecular weight excluding hydrogens is 234 g/mol. The highest BCUT2D eigenvalue weighted by molar-refractivity contribution is 6.28. The third kappa shape index (κ3) is 2.50. The summed E-state index contributed by atoms with van der Waals surface area (Å²) < 4.78 is 2.05. The van der Waals surface area contributed by atoms with Crippen molar-refractivity contribution in [3.63, 3.8) is 0 Å². The lowest BCUT2D eigenvalue weighted by Crippen LogP contribution is -2.12. The van der Waals surface area contributed by atoms with Gasteiger partial charge in [-0.3, -0.25) is 0 Å². The maximum absolute atomic E-state index is 5.65. The van der Waals surface area contributed by atoms with Crippen molar-refractivity contribution in [1.82, 2.24) is 4.57 Å². The number of rotatable bonds is 3. The van der Waals surface area contributed by atoms with Crippen LogP contribution in [-0.4, -0.2) is 16.3 Å². The monoisotopic (exact) mass is 247 g/mol. The molecule has 0 radical (unpaired) electrons. The molecule has 0 aliphatic heterocycles. The van der Waals surface area contributed by atoms with E-state index in [9.17, 15) is 0 Å². The van der Waals surface area contributed by atoms with Gasteiger partial charge in [-0.2, -0.15) is 0 Å². The number of aliphatic imine (C=N–C) groups is 1. The third-order valence-electron chi connectivity index (χ3n) is 2.56. The summed E-state index contributed by atoms with van der Waals surface area (Å²) in [6.07, 6.45) is 4.00. The molecule has 0 spiro atoms. The highest BCUT2D eigenvalue weighted by Crippen LogP contribution is 2.24. The van der Waals surface area contributed by atoms with E-state index < -0.39 is 0 Å². The van der Waals surface area contributed by atoms with Gasteiger partial charge in [0, 0.05) is 18.1 Å². The van der Waals surface area contributed by atoms with Gasteiger partial charge >= 0.3 is 0 Å². The first-order chi connectivity index (χ1) is 8.22. The quantitative estimate of drug-likeness (QED) is 0.506. The van der Waals surface area contributed by atoms with Crippen molar-refractivity contribution in [2.45, 2.75) is 6.92 Å². The van der Waals surface area contributed by atoms with Gasteiger partial charge < -0.3 is 10.3 Å². The number of hydrogen-bond acceptors (Lipinski definition) is 1. The number of nitrogens with two attached hydrogens (primary N) is 1. The standard InChI is InChI=1S/C13H14ClN3/c1-10-11(16-13(15)9-14)5-4-6-12(10)17-7-2-3-8-17/h2-8H,9H2,1H3,(H2,15,16). The molecule has 2 N–H and O–H groups in total. The minimum atomic E-state index is 0.243.